The van der Waals surface area contributed by atoms with E-state index >= 15 is 0 Å². The summed E-state index contributed by atoms with van der Waals surface area (Å²) < 4.78 is 2.91. The number of carbonyl (C=O) groups excluding carboxylic acids is 1. The van der Waals surface area contributed by atoms with E-state index in [1.54, 1.807) is 10.9 Å². The van der Waals surface area contributed by atoms with Gasteiger partial charge in [-0.1, -0.05) is 36.4 Å². The van der Waals surface area contributed by atoms with E-state index in [0.717, 1.165) is 40.9 Å². The lowest BCUT2D eigenvalue weighted by Gasteiger charge is -2.11. The molecule has 1 fully saturated rings. The molecule has 1 N–H and O–H groups in total. The molecule has 7 nitrogen and oxygen atoms in total. The number of hydrogen-bond acceptors (Lipinski definition) is 4. The molecule has 150 valence electrons. The summed E-state index contributed by atoms with van der Waals surface area (Å²) >= 11 is 0. The number of hydrogen-bond donors (Lipinski definition) is 1. The number of amides is 1. The van der Waals surface area contributed by atoms with Crippen molar-refractivity contribution in [3.05, 3.63) is 82.4 Å². The van der Waals surface area contributed by atoms with Crippen LogP contribution >= 0.6 is 0 Å². The van der Waals surface area contributed by atoms with Gasteiger partial charge < -0.3 is 5.32 Å². The van der Waals surface area contributed by atoms with E-state index < -0.39 is 0 Å². The molecule has 2 aromatic heterocycles. The molecule has 0 aliphatic heterocycles. The number of aromatic nitrogens is 4. The maximum Gasteiger partial charge on any atom is 0.293 e. The van der Waals surface area contributed by atoms with E-state index in [2.05, 4.69) is 15.5 Å². The van der Waals surface area contributed by atoms with Crippen molar-refractivity contribution in [1.82, 2.24) is 19.6 Å². The average molecular weight is 399 g/mol. The third kappa shape index (κ3) is 3.28. The lowest BCUT2D eigenvalue weighted by atomic mass is 10.2. The Balaban J connectivity index is 1.57. The summed E-state index contributed by atoms with van der Waals surface area (Å²) in [6.07, 6.45) is 3.78. The highest BCUT2D eigenvalue weighted by molar-refractivity contribution is 5.91. The summed E-state index contributed by atoms with van der Waals surface area (Å²) in [6, 6.07) is 17.1. The zero-order valence-electron chi connectivity index (χ0n) is 16.6. The zero-order chi connectivity index (χ0) is 20.7. The Morgan fingerprint density at radius 3 is 2.57 bits per heavy atom. The van der Waals surface area contributed by atoms with E-state index in [1.807, 2.05) is 61.5 Å². The predicted octanol–water partition coefficient (Wildman–Crippen LogP) is 3.41. The summed E-state index contributed by atoms with van der Waals surface area (Å²) in [6.45, 7) is 1.78. The molecule has 1 amide bonds. The first-order valence-electron chi connectivity index (χ1n) is 10.0. The third-order valence-electron chi connectivity index (χ3n) is 5.39. The van der Waals surface area contributed by atoms with Crippen LogP contribution in [0.15, 0.2) is 65.6 Å². The van der Waals surface area contributed by atoms with Crippen LogP contribution in [0.25, 0.3) is 16.6 Å². The maximum atomic E-state index is 13.3. The molecule has 0 unspecified atom stereocenters. The van der Waals surface area contributed by atoms with Crippen LogP contribution in [-0.2, 0) is 11.3 Å². The second-order valence-corrected chi connectivity index (χ2v) is 7.64. The van der Waals surface area contributed by atoms with Gasteiger partial charge >= 0.3 is 0 Å². The van der Waals surface area contributed by atoms with Gasteiger partial charge in [0.25, 0.3) is 5.56 Å². The topological polar surface area (TPSA) is 81.8 Å². The van der Waals surface area contributed by atoms with Crippen LogP contribution in [-0.4, -0.2) is 25.5 Å². The van der Waals surface area contributed by atoms with Crippen LogP contribution < -0.4 is 10.9 Å². The highest BCUT2D eigenvalue weighted by Crippen LogP contribution is 2.41. The Kier molecular flexibility index (Phi) is 4.43. The smallest absolute Gasteiger partial charge is 0.293 e. The second-order valence-electron chi connectivity index (χ2n) is 7.64. The number of anilines is 1. The lowest BCUT2D eigenvalue weighted by molar-refractivity contribution is -0.117. The van der Waals surface area contributed by atoms with Crippen molar-refractivity contribution in [1.29, 1.82) is 0 Å². The molecule has 1 saturated carbocycles. The fraction of sp³-hybridized carbons (Fsp3) is 0.217. The van der Waals surface area contributed by atoms with Crippen LogP contribution in [0.3, 0.4) is 0 Å². The molecule has 4 aromatic rings. The second kappa shape index (κ2) is 7.26. The van der Waals surface area contributed by atoms with Crippen molar-refractivity contribution >= 4 is 22.5 Å². The van der Waals surface area contributed by atoms with Crippen LogP contribution in [0.4, 0.5) is 5.69 Å². The molecule has 2 heterocycles. The normalized spacial score (nSPS) is 13.5. The quantitative estimate of drug-likeness (QED) is 0.558. The maximum absolute atomic E-state index is 13.3. The molecule has 1 aliphatic carbocycles. The Morgan fingerprint density at radius 2 is 1.83 bits per heavy atom. The molecular weight excluding hydrogens is 378 g/mol. The summed E-state index contributed by atoms with van der Waals surface area (Å²) in [5.41, 5.74) is 3.47. The Labute approximate surface area is 173 Å². The number of aryl methyl sites for hydroxylation is 1. The van der Waals surface area contributed by atoms with Crippen molar-refractivity contribution < 1.29 is 4.79 Å². The minimum absolute atomic E-state index is 0.150. The number of benzene rings is 2. The Morgan fingerprint density at radius 1 is 1.10 bits per heavy atom. The van der Waals surface area contributed by atoms with Crippen LogP contribution in [0.5, 0.6) is 0 Å². The largest absolute Gasteiger partial charge is 0.324 e. The molecule has 0 radical (unpaired) electrons. The van der Waals surface area contributed by atoms with E-state index in [4.69, 9.17) is 0 Å². The molecule has 2 aromatic carbocycles. The number of rotatable bonds is 5. The molecular formula is C23H21N5O2. The summed E-state index contributed by atoms with van der Waals surface area (Å²) in [5.74, 6) is 0.0259. The first-order valence-corrected chi connectivity index (χ1v) is 10.0. The molecule has 30 heavy (non-hydrogen) atoms. The van der Waals surface area contributed by atoms with Crippen molar-refractivity contribution in [2.45, 2.75) is 32.2 Å². The standard InChI is InChI=1S/C23H21N5O2/c1-15-7-5-6-10-19(15)25-20(29)14-27-23(30)22-18(21(26-27)16-11-12-16)13-24-28(22)17-8-3-2-4-9-17/h2-10,13,16H,11-12,14H2,1H3,(H,25,29). The molecule has 7 heteroatoms. The highest BCUT2D eigenvalue weighted by Gasteiger charge is 2.30. The van der Waals surface area contributed by atoms with Gasteiger partial charge in [-0.15, -0.1) is 0 Å². The number of fused-ring (bicyclic) bond motifs is 1. The van der Waals surface area contributed by atoms with Gasteiger partial charge in [0.1, 0.15) is 12.1 Å². The van der Waals surface area contributed by atoms with Crippen molar-refractivity contribution in [2.24, 2.45) is 0 Å². The first kappa shape index (κ1) is 18.3. The fourth-order valence-electron chi connectivity index (χ4n) is 3.66. The Hall–Kier alpha value is -3.74. The number of nitrogens with one attached hydrogen (secondary N) is 1. The van der Waals surface area contributed by atoms with Gasteiger partial charge in [-0.2, -0.15) is 10.2 Å². The van der Waals surface area contributed by atoms with Gasteiger partial charge in [0.2, 0.25) is 5.91 Å². The minimum atomic E-state index is -0.323. The van der Waals surface area contributed by atoms with E-state index in [0.29, 0.717) is 11.4 Å². The predicted molar refractivity (Wildman–Crippen MR) is 115 cm³/mol. The molecule has 0 saturated heterocycles. The van der Waals surface area contributed by atoms with Gasteiger partial charge in [-0.05, 0) is 43.5 Å². The molecule has 0 spiro atoms. The lowest BCUT2D eigenvalue weighted by Crippen LogP contribution is -2.31. The fourth-order valence-corrected chi connectivity index (χ4v) is 3.66. The van der Waals surface area contributed by atoms with E-state index in [9.17, 15) is 9.59 Å². The van der Waals surface area contributed by atoms with Gasteiger partial charge in [-0.25, -0.2) is 9.36 Å². The molecule has 1 aliphatic rings. The van der Waals surface area contributed by atoms with Crippen LogP contribution in [0.1, 0.15) is 30.0 Å². The SMILES string of the molecule is Cc1ccccc1NC(=O)Cn1nc(C2CC2)c2cnn(-c3ccccc3)c2c1=O. The van der Waals surface area contributed by atoms with Gasteiger partial charge in [0, 0.05) is 17.0 Å². The van der Waals surface area contributed by atoms with Crippen molar-refractivity contribution in [3.63, 3.8) is 0 Å². The zero-order valence-corrected chi connectivity index (χ0v) is 16.6. The summed E-state index contributed by atoms with van der Waals surface area (Å²) in [5, 5.41) is 12.7. The average Bonchev–Trinajstić information content (AvgIpc) is 3.50. The van der Waals surface area contributed by atoms with Crippen LogP contribution in [0.2, 0.25) is 0 Å². The molecule has 0 bridgehead atoms. The van der Waals surface area contributed by atoms with Crippen molar-refractivity contribution in [3.8, 4) is 5.69 Å². The van der Waals surface area contributed by atoms with E-state index in [1.165, 1.54) is 4.68 Å². The van der Waals surface area contributed by atoms with Crippen molar-refractivity contribution in [2.75, 3.05) is 5.32 Å². The molecule has 5 rings (SSSR count). The van der Waals surface area contributed by atoms with Gasteiger partial charge in [0.15, 0.2) is 0 Å². The van der Waals surface area contributed by atoms with Gasteiger partial charge in [0.05, 0.1) is 17.6 Å². The molecule has 0 atom stereocenters. The highest BCUT2D eigenvalue weighted by atomic mass is 16.2. The van der Waals surface area contributed by atoms with Gasteiger partial charge in [-0.3, -0.25) is 9.59 Å². The Bertz CT molecular complexity index is 1300. The first-order chi connectivity index (χ1) is 14.6. The summed E-state index contributed by atoms with van der Waals surface area (Å²) in [7, 11) is 0. The monoisotopic (exact) mass is 399 g/mol. The van der Waals surface area contributed by atoms with E-state index in [-0.39, 0.29) is 18.0 Å². The summed E-state index contributed by atoms with van der Waals surface area (Å²) in [4.78, 5) is 26.0. The number of para-hydroxylation sites is 2. The minimum Gasteiger partial charge on any atom is -0.324 e. The van der Waals surface area contributed by atoms with Crippen LogP contribution in [0, 0.1) is 6.92 Å². The number of carbonyl (C=O) groups is 1. The number of nitrogens with zero attached hydrogens (tertiary/aromatic N) is 4. The third-order valence-corrected chi connectivity index (χ3v) is 5.39.